The van der Waals surface area contributed by atoms with Crippen LogP contribution in [-0.2, 0) is 9.53 Å². The number of methoxy groups -OCH3 is 2. The van der Waals surface area contributed by atoms with Crippen molar-refractivity contribution in [3.63, 3.8) is 0 Å². The van der Waals surface area contributed by atoms with Gasteiger partial charge in [0.05, 0.1) is 42.7 Å². The summed E-state index contributed by atoms with van der Waals surface area (Å²) in [6.45, 7) is 5.87. The second-order valence-corrected chi connectivity index (χ2v) is 10.8. The molecule has 43 heavy (non-hydrogen) atoms. The lowest BCUT2D eigenvalue weighted by Gasteiger charge is -2.26. The number of ether oxygens (including phenoxy) is 4. The summed E-state index contributed by atoms with van der Waals surface area (Å²) >= 11 is 7.51. The zero-order valence-corrected chi connectivity index (χ0v) is 25.4. The number of hydrogen-bond donors (Lipinski definition) is 0. The fourth-order valence-electron chi connectivity index (χ4n) is 4.83. The van der Waals surface area contributed by atoms with Crippen LogP contribution in [0.2, 0.25) is 5.02 Å². The number of thiazole rings is 1. The Morgan fingerprint density at radius 2 is 1.79 bits per heavy atom. The Labute approximate surface area is 257 Å². The summed E-state index contributed by atoms with van der Waals surface area (Å²) in [6, 6.07) is 19.0. The van der Waals surface area contributed by atoms with E-state index in [-0.39, 0.29) is 24.3 Å². The monoisotopic (exact) mass is 616 g/mol. The molecular weight excluding hydrogens is 588 g/mol. The third-order valence-electron chi connectivity index (χ3n) is 6.71. The van der Waals surface area contributed by atoms with Crippen LogP contribution in [0.15, 0.2) is 94.7 Å². The van der Waals surface area contributed by atoms with E-state index in [0.29, 0.717) is 54.0 Å². The van der Waals surface area contributed by atoms with Gasteiger partial charge in [-0.3, -0.25) is 9.36 Å². The van der Waals surface area contributed by atoms with Crippen LogP contribution in [0.4, 0.5) is 0 Å². The Bertz CT molecular complexity index is 1890. The molecule has 10 heteroatoms. The van der Waals surface area contributed by atoms with Crippen LogP contribution in [0, 0.1) is 0 Å². The number of rotatable bonds is 10. The predicted molar refractivity (Wildman–Crippen MR) is 168 cm³/mol. The molecule has 0 unspecified atom stereocenters. The zero-order chi connectivity index (χ0) is 30.5. The maximum Gasteiger partial charge on any atom is 0.338 e. The van der Waals surface area contributed by atoms with Crippen LogP contribution in [0.1, 0.15) is 29.7 Å². The van der Waals surface area contributed by atoms with Crippen LogP contribution in [-0.4, -0.2) is 38.0 Å². The Morgan fingerprint density at radius 3 is 2.49 bits per heavy atom. The van der Waals surface area contributed by atoms with Crippen molar-refractivity contribution in [2.24, 2.45) is 4.99 Å². The molecule has 5 rings (SSSR count). The van der Waals surface area contributed by atoms with Crippen LogP contribution in [0.25, 0.3) is 11.8 Å². The third kappa shape index (κ3) is 6.00. The van der Waals surface area contributed by atoms with Crippen LogP contribution < -0.4 is 29.1 Å². The number of benzene rings is 3. The van der Waals surface area contributed by atoms with E-state index in [1.54, 1.807) is 62.6 Å². The molecule has 2 heterocycles. The smallest absolute Gasteiger partial charge is 0.338 e. The number of carbonyl (C=O) groups is 1. The average Bonchev–Trinajstić information content (AvgIpc) is 3.34. The SMILES string of the molecule is C=CCOc1ccc(Cl)cc1/C=c1\sc2n(c1=O)[C@H](c1ccc(OC)c(OC)c1)C(C(=O)OCC)=C(c1ccccc1)N=2. The van der Waals surface area contributed by atoms with Gasteiger partial charge >= 0.3 is 5.97 Å². The standard InChI is InChI=1S/C33H29ClN2O6S/c1-5-16-42-24-15-13-23(34)17-22(24)19-27-31(37)36-30(21-12-14-25(39-3)26(18-21)40-4)28(32(38)41-6-2)29(35-33(36)43-27)20-10-8-7-9-11-20/h5,7-15,17-19,30H,1,6,16H2,2-4H3/b27-19-/t30-/m1/s1. The van der Waals surface area contributed by atoms with Crippen LogP contribution >= 0.6 is 22.9 Å². The maximum atomic E-state index is 14.2. The molecule has 1 aliphatic rings. The second kappa shape index (κ2) is 13.1. The molecule has 0 spiro atoms. The number of aromatic nitrogens is 1. The molecular formula is C33H29ClN2O6S. The molecule has 0 saturated heterocycles. The fourth-order valence-corrected chi connectivity index (χ4v) is 6.00. The lowest BCUT2D eigenvalue weighted by molar-refractivity contribution is -0.138. The Kier molecular flexibility index (Phi) is 9.13. The summed E-state index contributed by atoms with van der Waals surface area (Å²) < 4.78 is 24.3. The molecule has 1 atom stereocenters. The number of nitrogens with zero attached hydrogens (tertiary/aromatic N) is 2. The molecule has 1 aliphatic heterocycles. The second-order valence-electron chi connectivity index (χ2n) is 9.33. The van der Waals surface area contributed by atoms with Crippen molar-refractivity contribution in [2.45, 2.75) is 13.0 Å². The molecule has 1 aromatic heterocycles. The number of hydrogen-bond acceptors (Lipinski definition) is 8. The molecule has 8 nitrogen and oxygen atoms in total. The topological polar surface area (TPSA) is 88.3 Å². The van der Waals surface area contributed by atoms with Gasteiger partial charge < -0.3 is 18.9 Å². The van der Waals surface area contributed by atoms with Gasteiger partial charge in [0.2, 0.25) is 0 Å². The molecule has 0 amide bonds. The van der Waals surface area contributed by atoms with Gasteiger partial charge in [0.25, 0.3) is 5.56 Å². The zero-order valence-electron chi connectivity index (χ0n) is 23.8. The molecule has 4 aromatic rings. The molecule has 3 aromatic carbocycles. The summed E-state index contributed by atoms with van der Waals surface area (Å²) in [5.74, 6) is 0.932. The van der Waals surface area contributed by atoms with E-state index >= 15 is 0 Å². The first-order valence-electron chi connectivity index (χ1n) is 13.4. The molecule has 220 valence electrons. The van der Waals surface area contributed by atoms with Crippen LogP contribution in [0.3, 0.4) is 0 Å². The van der Waals surface area contributed by atoms with Gasteiger partial charge in [-0.2, -0.15) is 0 Å². The quantitative estimate of drug-likeness (QED) is 0.180. The number of carbonyl (C=O) groups excluding carboxylic acids is 1. The Morgan fingerprint density at radius 1 is 1.05 bits per heavy atom. The van der Waals surface area contributed by atoms with Crippen LogP contribution in [0.5, 0.6) is 17.2 Å². The minimum Gasteiger partial charge on any atom is -0.493 e. The van der Waals surface area contributed by atoms with Gasteiger partial charge in [0.15, 0.2) is 16.3 Å². The van der Waals surface area contributed by atoms with E-state index in [4.69, 9.17) is 35.5 Å². The Balaban J connectivity index is 1.83. The highest BCUT2D eigenvalue weighted by molar-refractivity contribution is 7.07. The molecule has 0 N–H and O–H groups in total. The number of halogens is 1. The van der Waals surface area contributed by atoms with Gasteiger partial charge in [-0.1, -0.05) is 72.0 Å². The highest BCUT2D eigenvalue weighted by Crippen LogP contribution is 2.38. The number of esters is 1. The van der Waals surface area contributed by atoms with E-state index in [2.05, 4.69) is 6.58 Å². The normalized spacial score (nSPS) is 14.5. The fraction of sp³-hybridized carbons (Fsp3) is 0.182. The molecule has 0 saturated carbocycles. The summed E-state index contributed by atoms with van der Waals surface area (Å²) in [6.07, 6.45) is 3.35. The number of fused-ring (bicyclic) bond motifs is 1. The summed E-state index contributed by atoms with van der Waals surface area (Å²) in [5.41, 5.74) is 2.27. The van der Waals surface area contributed by atoms with Gasteiger partial charge in [-0.05, 0) is 48.9 Å². The van der Waals surface area contributed by atoms with Crippen molar-refractivity contribution >= 4 is 40.7 Å². The van der Waals surface area contributed by atoms with Gasteiger partial charge in [-0.25, -0.2) is 9.79 Å². The summed E-state index contributed by atoms with van der Waals surface area (Å²) in [4.78, 5) is 33.2. The minimum atomic E-state index is -0.872. The highest BCUT2D eigenvalue weighted by atomic mass is 35.5. The molecule has 0 radical (unpaired) electrons. The van der Waals surface area contributed by atoms with Gasteiger partial charge in [0.1, 0.15) is 12.4 Å². The van der Waals surface area contributed by atoms with E-state index in [1.165, 1.54) is 23.0 Å². The van der Waals surface area contributed by atoms with Crippen molar-refractivity contribution in [1.82, 2.24) is 4.57 Å². The lowest BCUT2D eigenvalue weighted by atomic mass is 9.93. The van der Waals surface area contributed by atoms with E-state index < -0.39 is 12.0 Å². The van der Waals surface area contributed by atoms with Crippen molar-refractivity contribution in [1.29, 1.82) is 0 Å². The summed E-state index contributed by atoms with van der Waals surface area (Å²) in [7, 11) is 3.07. The average molecular weight is 617 g/mol. The molecule has 0 fully saturated rings. The lowest BCUT2D eigenvalue weighted by Crippen LogP contribution is -2.40. The Hall–Kier alpha value is -4.60. The van der Waals surface area contributed by atoms with E-state index in [0.717, 1.165) is 0 Å². The first kappa shape index (κ1) is 29.9. The largest absolute Gasteiger partial charge is 0.493 e. The summed E-state index contributed by atoms with van der Waals surface area (Å²) in [5, 5.41) is 0.490. The molecule has 0 aliphatic carbocycles. The van der Waals surface area contributed by atoms with Gasteiger partial charge in [-0.15, -0.1) is 0 Å². The maximum absolute atomic E-state index is 14.2. The van der Waals surface area contributed by atoms with Crippen molar-refractivity contribution < 1.29 is 23.7 Å². The van der Waals surface area contributed by atoms with Crippen molar-refractivity contribution in [3.05, 3.63) is 126 Å². The van der Waals surface area contributed by atoms with E-state index in [9.17, 15) is 9.59 Å². The molecule has 0 bridgehead atoms. The minimum absolute atomic E-state index is 0.149. The van der Waals surface area contributed by atoms with Gasteiger partial charge in [0, 0.05) is 16.1 Å². The first-order chi connectivity index (χ1) is 20.9. The predicted octanol–water partition coefficient (Wildman–Crippen LogP) is 5.17. The highest BCUT2D eigenvalue weighted by Gasteiger charge is 2.35. The third-order valence-corrected chi connectivity index (χ3v) is 7.93. The first-order valence-corrected chi connectivity index (χ1v) is 14.6. The van der Waals surface area contributed by atoms with E-state index in [1.807, 2.05) is 30.3 Å². The van der Waals surface area contributed by atoms with Crippen molar-refractivity contribution in [2.75, 3.05) is 27.4 Å². The van der Waals surface area contributed by atoms with Crippen molar-refractivity contribution in [3.8, 4) is 17.2 Å².